The molecule has 3 amide bonds. The lowest BCUT2D eigenvalue weighted by atomic mass is 9.78. The number of aliphatic carboxylic acids is 1. The molecular formula is C21H29F2N5O5S. The number of thioether (sulfide) groups is 1. The number of carbonyl (C=O) groups excluding carboxylic acids is 3. The molecule has 4 rings (SSSR count). The number of carboxylic acids is 1. The van der Waals surface area contributed by atoms with Crippen LogP contribution in [0, 0.1) is 11.8 Å². The van der Waals surface area contributed by atoms with Crippen molar-refractivity contribution in [3.8, 4) is 0 Å². The van der Waals surface area contributed by atoms with E-state index in [-0.39, 0.29) is 34.9 Å². The molecular weight excluding hydrogens is 472 g/mol. The predicted octanol–water partition coefficient (Wildman–Crippen LogP) is -0.448. The maximum atomic E-state index is 12.8. The highest BCUT2D eigenvalue weighted by molar-refractivity contribution is 8.03. The molecule has 0 aromatic rings. The maximum absolute atomic E-state index is 12.8. The van der Waals surface area contributed by atoms with Gasteiger partial charge in [0.25, 0.3) is 5.91 Å². The van der Waals surface area contributed by atoms with Crippen molar-refractivity contribution in [2.75, 3.05) is 19.6 Å². The average Bonchev–Trinajstić information content (AvgIpc) is 3.46. The van der Waals surface area contributed by atoms with E-state index in [1.54, 1.807) is 11.8 Å². The van der Waals surface area contributed by atoms with Gasteiger partial charge in [-0.15, -0.1) is 11.8 Å². The zero-order chi connectivity index (χ0) is 24.9. The highest BCUT2D eigenvalue weighted by atomic mass is 32.2. The minimum absolute atomic E-state index is 0.00869. The molecule has 4 aliphatic heterocycles. The third-order valence-electron chi connectivity index (χ3n) is 7.12. The highest BCUT2D eigenvalue weighted by Gasteiger charge is 2.60. The van der Waals surface area contributed by atoms with Crippen molar-refractivity contribution in [3.63, 3.8) is 0 Å². The van der Waals surface area contributed by atoms with Crippen LogP contribution in [0.4, 0.5) is 8.78 Å². The number of carbonyl (C=O) groups is 4. The second kappa shape index (κ2) is 9.42. The minimum Gasteiger partial charge on any atom is -0.477 e. The second-order valence-electron chi connectivity index (χ2n) is 9.40. The molecule has 0 saturated carbocycles. The van der Waals surface area contributed by atoms with E-state index < -0.39 is 42.2 Å². The van der Waals surface area contributed by atoms with Gasteiger partial charge in [0.05, 0.1) is 18.0 Å². The topological polar surface area (TPSA) is 145 Å². The van der Waals surface area contributed by atoms with E-state index in [2.05, 4.69) is 10.6 Å². The molecule has 7 atom stereocenters. The van der Waals surface area contributed by atoms with E-state index in [0.29, 0.717) is 31.0 Å². The van der Waals surface area contributed by atoms with Crippen molar-refractivity contribution in [2.45, 2.75) is 62.5 Å². The van der Waals surface area contributed by atoms with Gasteiger partial charge in [-0.05, 0) is 19.8 Å². The van der Waals surface area contributed by atoms with E-state index >= 15 is 0 Å². The van der Waals surface area contributed by atoms with Crippen LogP contribution in [0.5, 0.6) is 0 Å². The fourth-order valence-electron chi connectivity index (χ4n) is 5.44. The number of alkyl halides is 2. The summed E-state index contributed by atoms with van der Waals surface area (Å²) in [5, 5.41) is 15.1. The van der Waals surface area contributed by atoms with Crippen LogP contribution in [-0.4, -0.2) is 94.1 Å². The van der Waals surface area contributed by atoms with Crippen LogP contribution >= 0.6 is 11.8 Å². The largest absolute Gasteiger partial charge is 0.477 e. The number of rotatable bonds is 7. The molecule has 0 aliphatic carbocycles. The van der Waals surface area contributed by atoms with Crippen LogP contribution in [0.2, 0.25) is 0 Å². The first kappa shape index (κ1) is 24.9. The third-order valence-corrected chi connectivity index (χ3v) is 8.63. The van der Waals surface area contributed by atoms with Crippen molar-refractivity contribution < 1.29 is 33.1 Å². The number of β-lactam (4-membered cyclic amide) rings is 1. The first-order valence-electron chi connectivity index (χ1n) is 11.3. The number of carboxylic acid groups (broad SMARTS) is 1. The van der Waals surface area contributed by atoms with Gasteiger partial charge in [0, 0.05) is 47.8 Å². The lowest BCUT2D eigenvalue weighted by molar-refractivity contribution is -0.159. The molecule has 1 unspecified atom stereocenters. The van der Waals surface area contributed by atoms with Gasteiger partial charge in [-0.3, -0.25) is 14.4 Å². The number of hydrogen-bond acceptors (Lipinski definition) is 7. The van der Waals surface area contributed by atoms with Crippen molar-refractivity contribution >= 4 is 35.5 Å². The summed E-state index contributed by atoms with van der Waals surface area (Å²) in [6, 6.07) is -1.78. The van der Waals surface area contributed by atoms with Crippen LogP contribution in [0.3, 0.4) is 0 Å². The van der Waals surface area contributed by atoms with E-state index in [1.807, 2.05) is 0 Å². The van der Waals surface area contributed by atoms with Gasteiger partial charge in [-0.1, -0.05) is 6.92 Å². The summed E-state index contributed by atoms with van der Waals surface area (Å²) in [6.07, 6.45) is -1.91. The maximum Gasteiger partial charge on any atom is 0.353 e. The fourth-order valence-corrected chi connectivity index (χ4v) is 6.92. The SMILES string of the molecule is CC(NC(=O)C(F)F)[C@H]1C(=O)N2C(C(=O)O)=C(S[C@@H]3CN[C@H](C(=O)N4CC[C@@H](N)C4)C3)[C@H](C)[C@H]12. The average molecular weight is 502 g/mol. The number of nitrogens with one attached hydrogen (secondary N) is 2. The Hall–Kier alpha value is -2.25. The highest BCUT2D eigenvalue weighted by Crippen LogP contribution is 2.51. The fraction of sp³-hybridized carbons (Fsp3) is 0.714. The summed E-state index contributed by atoms with van der Waals surface area (Å²) in [4.78, 5) is 52.5. The number of nitrogens with two attached hydrogens (primary N) is 1. The van der Waals surface area contributed by atoms with Crippen LogP contribution in [0.1, 0.15) is 26.7 Å². The summed E-state index contributed by atoms with van der Waals surface area (Å²) in [7, 11) is 0. The van der Waals surface area contributed by atoms with E-state index in [0.717, 1.165) is 6.42 Å². The normalized spacial score (nSPS) is 33.9. The number of fused-ring (bicyclic) bond motifs is 1. The van der Waals surface area contributed by atoms with Crippen molar-refractivity contribution in [2.24, 2.45) is 17.6 Å². The van der Waals surface area contributed by atoms with E-state index in [9.17, 15) is 33.1 Å². The van der Waals surface area contributed by atoms with Crippen LogP contribution < -0.4 is 16.4 Å². The molecule has 13 heteroatoms. The molecule has 3 fully saturated rings. The predicted molar refractivity (Wildman–Crippen MR) is 119 cm³/mol. The monoisotopic (exact) mass is 501 g/mol. The Morgan fingerprint density at radius 2 is 2.03 bits per heavy atom. The number of halogens is 2. The van der Waals surface area contributed by atoms with Gasteiger partial charge in [-0.25, -0.2) is 4.79 Å². The number of nitrogens with zero attached hydrogens (tertiary/aromatic N) is 2. The Morgan fingerprint density at radius 3 is 2.62 bits per heavy atom. The molecule has 5 N–H and O–H groups in total. The van der Waals surface area contributed by atoms with Gasteiger partial charge in [0.15, 0.2) is 0 Å². The molecule has 0 spiro atoms. The Labute approximate surface area is 199 Å². The van der Waals surface area contributed by atoms with Gasteiger partial charge < -0.3 is 31.3 Å². The molecule has 4 aliphatic rings. The molecule has 34 heavy (non-hydrogen) atoms. The smallest absolute Gasteiger partial charge is 0.353 e. The Balaban J connectivity index is 1.44. The van der Waals surface area contributed by atoms with Crippen LogP contribution in [0.15, 0.2) is 10.6 Å². The lowest BCUT2D eigenvalue weighted by Gasteiger charge is -2.47. The van der Waals surface area contributed by atoms with Gasteiger partial charge in [0.2, 0.25) is 11.8 Å². The molecule has 0 radical (unpaired) electrons. The zero-order valence-electron chi connectivity index (χ0n) is 18.9. The first-order valence-corrected chi connectivity index (χ1v) is 12.2. The van der Waals surface area contributed by atoms with Gasteiger partial charge in [0.1, 0.15) is 5.70 Å². The minimum atomic E-state index is -3.20. The Kier molecular flexibility index (Phi) is 6.89. The van der Waals surface area contributed by atoms with Crippen LogP contribution in [-0.2, 0) is 19.2 Å². The summed E-state index contributed by atoms with van der Waals surface area (Å²) < 4.78 is 25.3. The molecule has 3 saturated heterocycles. The molecule has 0 aromatic heterocycles. The number of hydrogen-bond donors (Lipinski definition) is 4. The zero-order valence-corrected chi connectivity index (χ0v) is 19.7. The summed E-state index contributed by atoms with van der Waals surface area (Å²) in [5.74, 6) is -4.35. The molecule has 4 heterocycles. The molecule has 0 aromatic carbocycles. The van der Waals surface area contributed by atoms with Crippen molar-refractivity contribution in [3.05, 3.63) is 10.6 Å². The van der Waals surface area contributed by atoms with E-state index in [4.69, 9.17) is 5.73 Å². The van der Waals surface area contributed by atoms with Crippen molar-refractivity contribution in [1.29, 1.82) is 0 Å². The molecule has 10 nitrogen and oxygen atoms in total. The number of amides is 3. The summed E-state index contributed by atoms with van der Waals surface area (Å²) in [5.41, 5.74) is 5.80. The van der Waals surface area contributed by atoms with Gasteiger partial charge >= 0.3 is 12.4 Å². The number of likely N-dealkylation sites (tertiary alicyclic amines) is 1. The Bertz CT molecular complexity index is 933. The molecule has 0 bridgehead atoms. The first-order chi connectivity index (χ1) is 16.0. The van der Waals surface area contributed by atoms with Crippen molar-refractivity contribution in [1.82, 2.24) is 20.4 Å². The molecule has 188 valence electrons. The van der Waals surface area contributed by atoms with Crippen LogP contribution in [0.25, 0.3) is 0 Å². The quantitative estimate of drug-likeness (QED) is 0.344. The lowest BCUT2D eigenvalue weighted by Crippen LogP contribution is -2.66. The standard InChI is InChI=1S/C21H29F2N5O5S/c1-8-14-13(9(2)26-18(29)17(22)23)20(31)28(14)15(21(32)33)16(8)34-11-5-12(25-6-11)19(30)27-4-3-10(24)7-27/h8-14,17,25H,3-7,24H2,1-2H3,(H,26,29)(H,32,33)/t8-,9?,10-,11+,12+,13-,14-/m1/s1. The van der Waals surface area contributed by atoms with E-state index in [1.165, 1.54) is 23.6 Å². The second-order valence-corrected chi connectivity index (χ2v) is 10.7. The van der Waals surface area contributed by atoms with Gasteiger partial charge in [-0.2, -0.15) is 8.78 Å². The third kappa shape index (κ3) is 4.29. The Morgan fingerprint density at radius 1 is 1.32 bits per heavy atom. The summed E-state index contributed by atoms with van der Waals surface area (Å²) in [6.45, 7) is 4.93. The summed E-state index contributed by atoms with van der Waals surface area (Å²) >= 11 is 1.35.